The number of ether oxygens (including phenoxy) is 1. The van der Waals surface area contributed by atoms with Crippen LogP contribution in [-0.4, -0.2) is 12.9 Å². The third-order valence-electron chi connectivity index (χ3n) is 4.10. The van der Waals surface area contributed by atoms with Gasteiger partial charge in [-0.15, -0.1) is 11.8 Å². The Morgan fingerprint density at radius 2 is 1.95 bits per heavy atom. The first-order valence-electron chi connectivity index (χ1n) is 7.33. The molecular weight excluding hydrogens is 278 g/mol. The number of aryl methyl sites for hydroxylation is 1. The predicted octanol–water partition coefficient (Wildman–Crippen LogP) is 4.96. The number of anilines is 1. The van der Waals surface area contributed by atoms with E-state index in [2.05, 4.69) is 55.6 Å². The first-order chi connectivity index (χ1) is 10.2. The van der Waals surface area contributed by atoms with Gasteiger partial charge in [0.1, 0.15) is 5.75 Å². The summed E-state index contributed by atoms with van der Waals surface area (Å²) >= 11 is 1.95. The standard InChI is InChI=1S/C18H21NOS/c1-12-8-9-15(13(2)18(12)20-3)19-16-10-11-21-17-7-5-4-6-14(16)17/h4-9,16,19H,10-11H2,1-3H3. The Hall–Kier alpha value is -1.61. The van der Waals surface area contributed by atoms with Crippen molar-refractivity contribution in [2.45, 2.75) is 31.2 Å². The van der Waals surface area contributed by atoms with Crippen molar-refractivity contribution in [3.63, 3.8) is 0 Å². The van der Waals surface area contributed by atoms with Gasteiger partial charge in [0.2, 0.25) is 0 Å². The molecule has 0 aromatic heterocycles. The van der Waals surface area contributed by atoms with Gasteiger partial charge in [0, 0.05) is 21.9 Å². The van der Waals surface area contributed by atoms with E-state index in [4.69, 9.17) is 4.74 Å². The van der Waals surface area contributed by atoms with E-state index in [1.54, 1.807) is 7.11 Å². The lowest BCUT2D eigenvalue weighted by molar-refractivity contribution is 0.409. The highest BCUT2D eigenvalue weighted by Crippen LogP contribution is 2.39. The molecule has 110 valence electrons. The Labute approximate surface area is 130 Å². The van der Waals surface area contributed by atoms with Gasteiger partial charge in [-0.25, -0.2) is 0 Å². The van der Waals surface area contributed by atoms with E-state index < -0.39 is 0 Å². The molecule has 0 spiro atoms. The summed E-state index contributed by atoms with van der Waals surface area (Å²) in [6.07, 6.45) is 1.15. The predicted molar refractivity (Wildman–Crippen MR) is 90.6 cm³/mol. The lowest BCUT2D eigenvalue weighted by atomic mass is 10.0. The highest BCUT2D eigenvalue weighted by Gasteiger charge is 2.21. The highest BCUT2D eigenvalue weighted by molar-refractivity contribution is 7.99. The van der Waals surface area contributed by atoms with Gasteiger partial charge in [-0.2, -0.15) is 0 Å². The van der Waals surface area contributed by atoms with Crippen LogP contribution < -0.4 is 10.1 Å². The fraction of sp³-hybridized carbons (Fsp3) is 0.333. The molecule has 21 heavy (non-hydrogen) atoms. The average molecular weight is 299 g/mol. The molecule has 2 aromatic carbocycles. The van der Waals surface area contributed by atoms with Crippen LogP contribution >= 0.6 is 11.8 Å². The van der Waals surface area contributed by atoms with Crippen LogP contribution in [0.2, 0.25) is 0 Å². The molecule has 0 aliphatic carbocycles. The lowest BCUT2D eigenvalue weighted by Crippen LogP contribution is -2.16. The van der Waals surface area contributed by atoms with Gasteiger partial charge in [-0.05, 0) is 43.5 Å². The fourth-order valence-corrected chi connectivity index (χ4v) is 4.10. The van der Waals surface area contributed by atoms with Gasteiger partial charge in [0.15, 0.2) is 0 Å². The summed E-state index contributed by atoms with van der Waals surface area (Å²) < 4.78 is 5.53. The summed E-state index contributed by atoms with van der Waals surface area (Å²) in [6, 6.07) is 13.4. The number of nitrogens with one attached hydrogen (secondary N) is 1. The van der Waals surface area contributed by atoms with Gasteiger partial charge in [0.05, 0.1) is 13.2 Å². The second-order valence-corrected chi connectivity index (χ2v) is 6.60. The molecule has 1 aliphatic rings. The van der Waals surface area contributed by atoms with Crippen LogP contribution in [0.4, 0.5) is 5.69 Å². The van der Waals surface area contributed by atoms with Crippen LogP contribution in [0.25, 0.3) is 0 Å². The van der Waals surface area contributed by atoms with Crippen LogP contribution in [0.15, 0.2) is 41.3 Å². The van der Waals surface area contributed by atoms with E-state index >= 15 is 0 Å². The van der Waals surface area contributed by atoms with Crippen molar-refractivity contribution in [1.29, 1.82) is 0 Å². The minimum absolute atomic E-state index is 0.383. The van der Waals surface area contributed by atoms with Gasteiger partial charge in [-0.3, -0.25) is 0 Å². The number of hydrogen-bond acceptors (Lipinski definition) is 3. The number of rotatable bonds is 3. The van der Waals surface area contributed by atoms with Crippen molar-refractivity contribution in [1.82, 2.24) is 0 Å². The van der Waals surface area contributed by atoms with Crippen molar-refractivity contribution in [3.05, 3.63) is 53.1 Å². The molecule has 2 nitrogen and oxygen atoms in total. The van der Waals surface area contributed by atoms with E-state index in [-0.39, 0.29) is 0 Å². The SMILES string of the molecule is COc1c(C)ccc(NC2CCSc3ccccc32)c1C. The maximum Gasteiger partial charge on any atom is 0.126 e. The maximum absolute atomic E-state index is 5.53. The van der Waals surface area contributed by atoms with E-state index in [0.717, 1.165) is 17.9 Å². The largest absolute Gasteiger partial charge is 0.496 e. The Kier molecular flexibility index (Phi) is 4.11. The van der Waals surface area contributed by atoms with Gasteiger partial charge in [0.25, 0.3) is 0 Å². The van der Waals surface area contributed by atoms with Crippen LogP contribution in [0.3, 0.4) is 0 Å². The zero-order chi connectivity index (χ0) is 14.8. The first-order valence-corrected chi connectivity index (χ1v) is 8.31. The molecule has 1 atom stereocenters. The Morgan fingerprint density at radius 1 is 1.14 bits per heavy atom. The molecule has 0 saturated heterocycles. The van der Waals surface area contributed by atoms with Gasteiger partial charge < -0.3 is 10.1 Å². The van der Waals surface area contributed by atoms with Crippen LogP contribution in [0, 0.1) is 13.8 Å². The topological polar surface area (TPSA) is 21.3 Å². The molecule has 0 saturated carbocycles. The number of methoxy groups -OCH3 is 1. The average Bonchev–Trinajstić information content (AvgIpc) is 2.51. The lowest BCUT2D eigenvalue weighted by Gasteiger charge is -2.28. The number of hydrogen-bond donors (Lipinski definition) is 1. The number of thioether (sulfide) groups is 1. The van der Waals surface area contributed by atoms with E-state index in [1.165, 1.54) is 27.3 Å². The monoisotopic (exact) mass is 299 g/mol. The van der Waals surface area contributed by atoms with E-state index in [1.807, 2.05) is 11.8 Å². The van der Waals surface area contributed by atoms with E-state index in [0.29, 0.717) is 6.04 Å². The minimum atomic E-state index is 0.383. The normalized spacial score (nSPS) is 17.2. The summed E-state index contributed by atoms with van der Waals surface area (Å²) in [5.74, 6) is 2.15. The summed E-state index contributed by atoms with van der Waals surface area (Å²) in [6.45, 7) is 4.21. The summed E-state index contributed by atoms with van der Waals surface area (Å²) in [4.78, 5) is 1.40. The van der Waals surface area contributed by atoms with Gasteiger partial charge in [-0.1, -0.05) is 24.3 Å². The molecule has 3 heteroatoms. The highest BCUT2D eigenvalue weighted by atomic mass is 32.2. The van der Waals surface area contributed by atoms with Crippen molar-refractivity contribution in [2.24, 2.45) is 0 Å². The summed E-state index contributed by atoms with van der Waals surface area (Å²) in [5, 5.41) is 3.71. The number of fused-ring (bicyclic) bond motifs is 1. The molecule has 1 aliphatic heterocycles. The smallest absolute Gasteiger partial charge is 0.126 e. The fourth-order valence-electron chi connectivity index (χ4n) is 2.98. The zero-order valence-corrected chi connectivity index (χ0v) is 13.6. The van der Waals surface area contributed by atoms with Crippen molar-refractivity contribution in [3.8, 4) is 5.75 Å². The Bertz CT molecular complexity index is 654. The minimum Gasteiger partial charge on any atom is -0.496 e. The molecule has 0 radical (unpaired) electrons. The molecule has 0 fully saturated rings. The quantitative estimate of drug-likeness (QED) is 0.865. The molecule has 1 unspecified atom stereocenters. The molecule has 2 aromatic rings. The number of benzene rings is 2. The third-order valence-corrected chi connectivity index (χ3v) is 5.22. The summed E-state index contributed by atoms with van der Waals surface area (Å²) in [5.41, 5.74) is 4.95. The Morgan fingerprint density at radius 3 is 2.76 bits per heavy atom. The maximum atomic E-state index is 5.53. The van der Waals surface area contributed by atoms with Crippen LogP contribution in [0.1, 0.15) is 29.2 Å². The summed E-state index contributed by atoms with van der Waals surface area (Å²) in [7, 11) is 1.74. The molecule has 3 rings (SSSR count). The second-order valence-electron chi connectivity index (χ2n) is 5.46. The second kappa shape index (κ2) is 6.02. The first kappa shape index (κ1) is 14.3. The van der Waals surface area contributed by atoms with Crippen molar-refractivity contribution >= 4 is 17.4 Å². The van der Waals surface area contributed by atoms with Crippen molar-refractivity contribution in [2.75, 3.05) is 18.2 Å². The Balaban J connectivity index is 1.92. The molecular formula is C18H21NOS. The van der Waals surface area contributed by atoms with Crippen LogP contribution in [-0.2, 0) is 0 Å². The van der Waals surface area contributed by atoms with Gasteiger partial charge >= 0.3 is 0 Å². The zero-order valence-electron chi connectivity index (χ0n) is 12.8. The molecule has 0 amide bonds. The third kappa shape index (κ3) is 2.75. The molecule has 1 heterocycles. The van der Waals surface area contributed by atoms with Crippen LogP contribution in [0.5, 0.6) is 5.75 Å². The molecule has 0 bridgehead atoms. The van der Waals surface area contributed by atoms with E-state index in [9.17, 15) is 0 Å². The van der Waals surface area contributed by atoms with Crippen molar-refractivity contribution < 1.29 is 4.74 Å². The molecule has 1 N–H and O–H groups in total.